The Morgan fingerprint density at radius 3 is 3.05 bits per heavy atom. The summed E-state index contributed by atoms with van der Waals surface area (Å²) >= 11 is -0.995. The number of rotatable bonds is 4. The molecule has 19 heavy (non-hydrogen) atoms. The second-order valence-corrected chi connectivity index (χ2v) is 6.09. The number of nitrogens with zero attached hydrogens (tertiary/aromatic N) is 1. The maximum atomic E-state index is 12.1. The van der Waals surface area contributed by atoms with Crippen LogP contribution < -0.4 is 10.5 Å². The number of aromatic amines is 1. The second kappa shape index (κ2) is 4.75. The van der Waals surface area contributed by atoms with Crippen LogP contribution in [0.3, 0.4) is 0 Å². The lowest BCUT2D eigenvalue weighted by Gasteiger charge is -2.09. The van der Waals surface area contributed by atoms with Crippen molar-refractivity contribution < 1.29 is 14.1 Å². The van der Waals surface area contributed by atoms with Crippen molar-refractivity contribution in [3.05, 3.63) is 18.2 Å². The normalized spacial score (nSPS) is 16.5. The molecule has 0 radical (unpaired) electrons. The summed E-state index contributed by atoms with van der Waals surface area (Å²) in [7, 11) is 0. The van der Waals surface area contributed by atoms with E-state index >= 15 is 0 Å². The minimum atomic E-state index is -0.995. The molecular formula is C12H13N3O3S. The van der Waals surface area contributed by atoms with Crippen LogP contribution in [0.5, 0.6) is 6.01 Å². The lowest BCUT2D eigenvalue weighted by Crippen LogP contribution is -2.16. The summed E-state index contributed by atoms with van der Waals surface area (Å²) in [6, 6.07) is 5.37. The Bertz CT molecular complexity index is 624. The molecular weight excluding hydrogens is 266 g/mol. The molecule has 1 fully saturated rings. The number of hydrogen-bond acceptors (Lipinski definition) is 4. The average Bonchev–Trinajstić information content (AvgIpc) is 3.06. The number of ether oxygens (including phenoxy) is 1. The fourth-order valence-corrected chi connectivity index (χ4v) is 3.26. The predicted octanol–water partition coefficient (Wildman–Crippen LogP) is 1.54. The molecule has 0 aliphatic heterocycles. The topological polar surface area (TPSA) is 104 Å². The molecule has 1 aliphatic carbocycles. The zero-order valence-corrected chi connectivity index (χ0v) is 10.9. The van der Waals surface area contributed by atoms with Gasteiger partial charge in [0.25, 0.3) is 0 Å². The molecule has 1 atom stereocenters. The molecule has 1 aliphatic rings. The highest BCUT2D eigenvalue weighted by atomic mass is 32.2. The Hall–Kier alpha value is -1.73. The van der Waals surface area contributed by atoms with Crippen molar-refractivity contribution in [3.63, 3.8) is 0 Å². The van der Waals surface area contributed by atoms with E-state index in [1.54, 1.807) is 18.2 Å². The third-order valence-electron chi connectivity index (χ3n) is 2.98. The van der Waals surface area contributed by atoms with Gasteiger partial charge in [-0.1, -0.05) is 0 Å². The fraction of sp³-hybridized carbons (Fsp3) is 0.333. The molecule has 1 aromatic carbocycles. The van der Waals surface area contributed by atoms with Crippen molar-refractivity contribution >= 4 is 28.3 Å². The van der Waals surface area contributed by atoms with Crippen molar-refractivity contribution in [1.82, 2.24) is 9.97 Å². The number of H-pyrrole nitrogens is 1. The lowest BCUT2D eigenvalue weighted by molar-refractivity contribution is 0.207. The highest BCUT2D eigenvalue weighted by Crippen LogP contribution is 2.32. The first-order valence-corrected chi connectivity index (χ1v) is 7.29. The molecule has 1 saturated carbocycles. The number of benzene rings is 1. The number of fused-ring (bicyclic) bond motifs is 1. The van der Waals surface area contributed by atoms with Gasteiger partial charge in [0.1, 0.15) is 5.75 Å². The van der Waals surface area contributed by atoms with Crippen molar-refractivity contribution in [1.29, 1.82) is 0 Å². The third kappa shape index (κ3) is 2.82. The Kier molecular flexibility index (Phi) is 3.08. The van der Waals surface area contributed by atoms with Crippen LogP contribution in [0, 0.1) is 5.92 Å². The van der Waals surface area contributed by atoms with Crippen LogP contribution in [0.2, 0.25) is 0 Å². The maximum absolute atomic E-state index is 12.1. The number of primary amides is 1. The van der Waals surface area contributed by atoms with E-state index in [0.717, 1.165) is 4.90 Å². The Balaban J connectivity index is 1.84. The minimum Gasteiger partial charge on any atom is -0.611 e. The van der Waals surface area contributed by atoms with Crippen molar-refractivity contribution in [2.45, 2.75) is 17.7 Å². The third-order valence-corrected chi connectivity index (χ3v) is 4.53. The van der Waals surface area contributed by atoms with Crippen LogP contribution in [-0.4, -0.2) is 26.4 Å². The molecule has 3 N–H and O–H groups in total. The molecule has 0 spiro atoms. The van der Waals surface area contributed by atoms with Gasteiger partial charge in [0.15, 0.2) is 4.90 Å². The summed E-state index contributed by atoms with van der Waals surface area (Å²) in [5.41, 5.74) is 6.24. The average molecular weight is 279 g/mol. The molecule has 2 aromatic rings. The molecule has 1 aromatic heterocycles. The predicted molar refractivity (Wildman–Crippen MR) is 70.3 cm³/mol. The van der Waals surface area contributed by atoms with Gasteiger partial charge < -0.3 is 20.0 Å². The highest BCUT2D eigenvalue weighted by Gasteiger charge is 2.28. The standard InChI is InChI=1S/C12H13N3O3S/c13-11(16)18-12-14-9-4-3-8(5-10(9)15-12)19(17)6-7-1-2-7/h3-5,7H,1-2,6H2,(H2,13,16)(H,14,15). The van der Waals surface area contributed by atoms with E-state index in [0.29, 0.717) is 22.7 Å². The second-order valence-electron chi connectivity index (χ2n) is 4.60. The number of carbonyl (C=O) groups excluding carboxylic acids is 1. The molecule has 1 heterocycles. The first kappa shape index (κ1) is 12.3. The van der Waals surface area contributed by atoms with Gasteiger partial charge in [-0.05, 0) is 36.2 Å². The number of imidazole rings is 1. The van der Waals surface area contributed by atoms with Crippen LogP contribution in [0.15, 0.2) is 23.1 Å². The summed E-state index contributed by atoms with van der Waals surface area (Å²) in [6.07, 6.45) is 1.43. The number of nitrogens with one attached hydrogen (secondary N) is 1. The van der Waals surface area contributed by atoms with Crippen LogP contribution in [0.1, 0.15) is 12.8 Å². The van der Waals surface area contributed by atoms with Crippen LogP contribution in [0.4, 0.5) is 4.79 Å². The van der Waals surface area contributed by atoms with Crippen LogP contribution in [0.25, 0.3) is 11.0 Å². The van der Waals surface area contributed by atoms with Crippen molar-refractivity contribution in [3.8, 4) is 6.01 Å². The van der Waals surface area contributed by atoms with E-state index in [9.17, 15) is 9.35 Å². The molecule has 100 valence electrons. The first-order valence-electron chi connectivity index (χ1n) is 5.97. The van der Waals surface area contributed by atoms with Crippen molar-refractivity contribution in [2.24, 2.45) is 11.7 Å². The van der Waals surface area contributed by atoms with Gasteiger partial charge in [-0.3, -0.25) is 0 Å². The van der Waals surface area contributed by atoms with E-state index in [-0.39, 0.29) is 6.01 Å². The molecule has 0 bridgehead atoms. The first-order chi connectivity index (χ1) is 9.11. The van der Waals surface area contributed by atoms with Gasteiger partial charge in [-0.15, -0.1) is 0 Å². The highest BCUT2D eigenvalue weighted by molar-refractivity contribution is 7.91. The van der Waals surface area contributed by atoms with E-state index in [2.05, 4.69) is 14.7 Å². The Morgan fingerprint density at radius 2 is 2.37 bits per heavy atom. The van der Waals surface area contributed by atoms with E-state index in [1.807, 2.05) is 0 Å². The van der Waals surface area contributed by atoms with E-state index < -0.39 is 17.3 Å². The molecule has 3 rings (SSSR count). The van der Waals surface area contributed by atoms with Gasteiger partial charge in [-0.25, -0.2) is 4.79 Å². The van der Waals surface area contributed by atoms with E-state index in [4.69, 9.17) is 5.73 Å². The largest absolute Gasteiger partial charge is 0.611 e. The number of carbonyl (C=O) groups is 1. The van der Waals surface area contributed by atoms with Gasteiger partial charge in [0.05, 0.1) is 11.0 Å². The van der Waals surface area contributed by atoms with Crippen LogP contribution in [-0.2, 0) is 11.2 Å². The summed E-state index contributed by atoms with van der Waals surface area (Å²) in [5, 5.41) is 0. The molecule has 1 amide bonds. The van der Waals surface area contributed by atoms with Gasteiger partial charge in [-0.2, -0.15) is 4.98 Å². The number of nitrogens with two attached hydrogens (primary N) is 1. The molecule has 0 saturated heterocycles. The summed E-state index contributed by atoms with van der Waals surface area (Å²) in [5.74, 6) is 1.31. The van der Waals surface area contributed by atoms with E-state index in [1.165, 1.54) is 12.8 Å². The summed E-state index contributed by atoms with van der Waals surface area (Å²) in [6.45, 7) is 0. The monoisotopic (exact) mass is 279 g/mol. The van der Waals surface area contributed by atoms with Gasteiger partial charge in [0.2, 0.25) is 0 Å². The molecule has 6 nitrogen and oxygen atoms in total. The molecule has 7 heteroatoms. The van der Waals surface area contributed by atoms with Crippen molar-refractivity contribution in [2.75, 3.05) is 5.75 Å². The summed E-state index contributed by atoms with van der Waals surface area (Å²) in [4.78, 5) is 18.3. The number of aromatic nitrogens is 2. The summed E-state index contributed by atoms with van der Waals surface area (Å²) < 4.78 is 16.8. The maximum Gasteiger partial charge on any atom is 0.412 e. The van der Waals surface area contributed by atoms with Gasteiger partial charge >= 0.3 is 12.1 Å². The molecule has 1 unspecified atom stereocenters. The SMILES string of the molecule is NC(=O)Oc1nc2cc([S+]([O-])CC3CC3)ccc2[nH]1. The smallest absolute Gasteiger partial charge is 0.412 e. The number of amides is 1. The Labute approximate surface area is 112 Å². The number of hydrogen-bond donors (Lipinski definition) is 2. The fourth-order valence-electron chi connectivity index (χ4n) is 1.84. The van der Waals surface area contributed by atoms with Crippen LogP contribution >= 0.6 is 0 Å². The van der Waals surface area contributed by atoms with Gasteiger partial charge in [0, 0.05) is 12.0 Å². The lowest BCUT2D eigenvalue weighted by atomic mass is 10.3. The minimum absolute atomic E-state index is 0.0487. The zero-order valence-electron chi connectivity index (χ0n) is 10.1. The zero-order chi connectivity index (χ0) is 13.4. The Morgan fingerprint density at radius 1 is 1.58 bits per heavy atom. The quantitative estimate of drug-likeness (QED) is 0.828.